The van der Waals surface area contributed by atoms with Crippen molar-refractivity contribution in [2.45, 2.75) is 52.9 Å². The Balaban J connectivity index is 2.08. The van der Waals surface area contributed by atoms with E-state index in [2.05, 4.69) is 26.8 Å². The van der Waals surface area contributed by atoms with E-state index in [-0.39, 0.29) is 0 Å². The second kappa shape index (κ2) is 4.11. The molecular formula is C14H23N. The fraction of sp³-hybridized carbons (Fsp3) is 0.786. The average Bonchev–Trinajstić information content (AvgIpc) is 2.17. The molecule has 0 saturated heterocycles. The van der Waals surface area contributed by atoms with Crippen molar-refractivity contribution in [3.63, 3.8) is 0 Å². The molecule has 0 aromatic rings. The van der Waals surface area contributed by atoms with Gasteiger partial charge in [-0.15, -0.1) is 0 Å². The zero-order valence-corrected chi connectivity index (χ0v) is 10.3. The number of aliphatic imine (C=N–C) groups is 1. The maximum Gasteiger partial charge on any atom is 0.0418 e. The number of hydrogen-bond donors (Lipinski definition) is 0. The van der Waals surface area contributed by atoms with Crippen LogP contribution in [-0.2, 0) is 0 Å². The van der Waals surface area contributed by atoms with Gasteiger partial charge in [-0.1, -0.05) is 26.8 Å². The fourth-order valence-corrected chi connectivity index (χ4v) is 2.61. The second-order valence-electron chi connectivity index (χ2n) is 6.04. The zero-order valence-electron chi connectivity index (χ0n) is 10.3. The van der Waals surface area contributed by atoms with Crippen molar-refractivity contribution in [1.29, 1.82) is 0 Å². The molecule has 1 unspecified atom stereocenters. The molecule has 2 rings (SSSR count). The molecule has 84 valence electrons. The molecule has 1 nitrogen and oxygen atoms in total. The Labute approximate surface area is 93.7 Å². The topological polar surface area (TPSA) is 12.4 Å². The number of rotatable bonds is 1. The third-order valence-electron chi connectivity index (χ3n) is 3.72. The summed E-state index contributed by atoms with van der Waals surface area (Å²) >= 11 is 0. The molecule has 0 aromatic heterocycles. The van der Waals surface area contributed by atoms with E-state index in [1.54, 1.807) is 5.57 Å². The van der Waals surface area contributed by atoms with Crippen molar-refractivity contribution < 1.29 is 0 Å². The normalized spacial score (nSPS) is 30.7. The van der Waals surface area contributed by atoms with Crippen molar-refractivity contribution in [3.8, 4) is 0 Å². The molecule has 1 atom stereocenters. The maximum atomic E-state index is 4.75. The van der Waals surface area contributed by atoms with E-state index < -0.39 is 0 Å². The highest BCUT2D eigenvalue weighted by Gasteiger charge is 2.25. The first-order chi connectivity index (χ1) is 7.07. The Hall–Kier alpha value is -0.590. The van der Waals surface area contributed by atoms with Gasteiger partial charge < -0.3 is 0 Å². The van der Waals surface area contributed by atoms with Crippen LogP contribution in [0.3, 0.4) is 0 Å². The fourth-order valence-electron chi connectivity index (χ4n) is 2.61. The van der Waals surface area contributed by atoms with Crippen molar-refractivity contribution >= 4 is 5.71 Å². The molecule has 0 bridgehead atoms. The molecule has 0 saturated carbocycles. The van der Waals surface area contributed by atoms with Crippen LogP contribution >= 0.6 is 0 Å². The van der Waals surface area contributed by atoms with E-state index in [0.29, 0.717) is 5.41 Å². The lowest BCUT2D eigenvalue weighted by Gasteiger charge is -2.31. The van der Waals surface area contributed by atoms with Gasteiger partial charge in [0.15, 0.2) is 0 Å². The first-order valence-corrected chi connectivity index (χ1v) is 6.29. The molecule has 1 aliphatic carbocycles. The molecule has 0 N–H and O–H groups in total. The lowest BCUT2D eigenvalue weighted by Crippen LogP contribution is -2.22. The summed E-state index contributed by atoms with van der Waals surface area (Å²) in [6.07, 6.45) is 8.79. The molecule has 0 fully saturated rings. The molecule has 1 aliphatic heterocycles. The molecule has 15 heavy (non-hydrogen) atoms. The summed E-state index contributed by atoms with van der Waals surface area (Å²) in [6.45, 7) is 8.12. The zero-order chi connectivity index (χ0) is 10.9. The van der Waals surface area contributed by atoms with Gasteiger partial charge in [0.2, 0.25) is 0 Å². The van der Waals surface area contributed by atoms with Crippen molar-refractivity contribution in [2.75, 3.05) is 6.54 Å². The Bertz CT molecular complexity index is 296. The van der Waals surface area contributed by atoms with Crippen LogP contribution in [-0.4, -0.2) is 12.3 Å². The Kier molecular flexibility index (Phi) is 2.99. The minimum absolute atomic E-state index is 0.496. The summed E-state index contributed by atoms with van der Waals surface area (Å²) < 4.78 is 0. The summed E-state index contributed by atoms with van der Waals surface area (Å²) in [6, 6.07) is 0. The first kappa shape index (κ1) is 10.9. The van der Waals surface area contributed by atoms with Crippen LogP contribution in [0.25, 0.3) is 0 Å². The van der Waals surface area contributed by atoms with Gasteiger partial charge >= 0.3 is 0 Å². The SMILES string of the molecule is CC1CCC(C2=CCCC(C)(C)C2)=NC1. The molecule has 0 aromatic carbocycles. The average molecular weight is 205 g/mol. The Morgan fingerprint density at radius 2 is 2.20 bits per heavy atom. The van der Waals surface area contributed by atoms with E-state index in [0.717, 1.165) is 12.5 Å². The molecule has 0 spiro atoms. The van der Waals surface area contributed by atoms with Gasteiger partial charge in [-0.05, 0) is 49.0 Å². The summed E-state index contributed by atoms with van der Waals surface area (Å²) in [5.74, 6) is 0.797. The summed E-state index contributed by atoms with van der Waals surface area (Å²) in [5.41, 5.74) is 3.47. The summed E-state index contributed by atoms with van der Waals surface area (Å²) in [7, 11) is 0. The van der Waals surface area contributed by atoms with Gasteiger partial charge in [0.05, 0.1) is 0 Å². The van der Waals surface area contributed by atoms with Gasteiger partial charge in [-0.3, -0.25) is 4.99 Å². The maximum absolute atomic E-state index is 4.75. The smallest absolute Gasteiger partial charge is 0.0418 e. The standard InChI is InChI=1S/C14H23N/c1-11-6-7-13(15-10-11)12-5-4-8-14(2,3)9-12/h5,11H,4,6-10H2,1-3H3. The number of hydrogen-bond acceptors (Lipinski definition) is 1. The van der Waals surface area contributed by atoms with Crippen molar-refractivity contribution in [3.05, 3.63) is 11.6 Å². The Morgan fingerprint density at radius 1 is 1.40 bits per heavy atom. The van der Waals surface area contributed by atoms with Crippen LogP contribution in [0.2, 0.25) is 0 Å². The van der Waals surface area contributed by atoms with Gasteiger partial charge in [-0.2, -0.15) is 0 Å². The molecule has 0 amide bonds. The van der Waals surface area contributed by atoms with E-state index in [1.807, 2.05) is 0 Å². The summed E-state index contributed by atoms with van der Waals surface area (Å²) in [5, 5.41) is 0. The molecule has 0 radical (unpaired) electrons. The minimum atomic E-state index is 0.496. The van der Waals surface area contributed by atoms with E-state index in [1.165, 1.54) is 37.8 Å². The lowest BCUT2D eigenvalue weighted by molar-refractivity contribution is 0.325. The molecule has 1 heteroatoms. The third kappa shape index (κ3) is 2.70. The highest BCUT2D eigenvalue weighted by Crippen LogP contribution is 2.36. The van der Waals surface area contributed by atoms with Gasteiger partial charge in [0, 0.05) is 12.3 Å². The van der Waals surface area contributed by atoms with E-state index in [9.17, 15) is 0 Å². The van der Waals surface area contributed by atoms with Crippen LogP contribution < -0.4 is 0 Å². The summed E-state index contributed by atoms with van der Waals surface area (Å²) in [4.78, 5) is 4.75. The van der Waals surface area contributed by atoms with Crippen LogP contribution in [0.4, 0.5) is 0 Å². The van der Waals surface area contributed by atoms with Gasteiger partial charge in [0.25, 0.3) is 0 Å². The largest absolute Gasteiger partial charge is 0.289 e. The van der Waals surface area contributed by atoms with E-state index in [4.69, 9.17) is 4.99 Å². The molecular weight excluding hydrogens is 182 g/mol. The third-order valence-corrected chi connectivity index (χ3v) is 3.72. The van der Waals surface area contributed by atoms with Crippen LogP contribution in [0.1, 0.15) is 52.9 Å². The monoisotopic (exact) mass is 205 g/mol. The van der Waals surface area contributed by atoms with Gasteiger partial charge in [0.1, 0.15) is 0 Å². The highest BCUT2D eigenvalue weighted by molar-refractivity contribution is 6.00. The molecule has 2 aliphatic rings. The molecule has 1 heterocycles. The van der Waals surface area contributed by atoms with E-state index >= 15 is 0 Å². The minimum Gasteiger partial charge on any atom is -0.289 e. The van der Waals surface area contributed by atoms with Crippen molar-refractivity contribution in [1.82, 2.24) is 0 Å². The Morgan fingerprint density at radius 3 is 2.80 bits per heavy atom. The van der Waals surface area contributed by atoms with Gasteiger partial charge in [-0.25, -0.2) is 0 Å². The predicted molar refractivity (Wildman–Crippen MR) is 66.4 cm³/mol. The second-order valence-corrected chi connectivity index (χ2v) is 6.04. The lowest BCUT2D eigenvalue weighted by atomic mass is 9.75. The van der Waals surface area contributed by atoms with Crippen LogP contribution in [0.15, 0.2) is 16.6 Å². The predicted octanol–water partition coefficient (Wildman–Crippen LogP) is 3.99. The highest BCUT2D eigenvalue weighted by atomic mass is 14.8. The number of allylic oxidation sites excluding steroid dienone is 2. The first-order valence-electron chi connectivity index (χ1n) is 6.29. The number of nitrogens with zero attached hydrogens (tertiary/aromatic N) is 1. The quantitative estimate of drug-likeness (QED) is 0.613. The van der Waals surface area contributed by atoms with Crippen LogP contribution in [0.5, 0.6) is 0 Å². The van der Waals surface area contributed by atoms with Crippen molar-refractivity contribution in [2.24, 2.45) is 16.3 Å². The van der Waals surface area contributed by atoms with Crippen LogP contribution in [0, 0.1) is 11.3 Å².